The third-order valence-corrected chi connectivity index (χ3v) is 5.33. The average Bonchev–Trinajstić information content (AvgIpc) is 2.88. The van der Waals surface area contributed by atoms with E-state index in [4.69, 9.17) is 18.6 Å². The molecule has 1 atom stereocenters. The van der Waals surface area contributed by atoms with Crippen LogP contribution in [0.4, 0.5) is 0 Å². The minimum absolute atomic E-state index is 0.114. The third kappa shape index (κ3) is 5.90. The molecule has 1 unspecified atom stereocenters. The van der Waals surface area contributed by atoms with Gasteiger partial charge >= 0.3 is 11.6 Å². The van der Waals surface area contributed by atoms with Crippen LogP contribution in [0.25, 0.3) is 11.0 Å². The summed E-state index contributed by atoms with van der Waals surface area (Å²) in [6, 6.07) is 22.1. The molecule has 0 saturated carbocycles. The molecule has 0 aliphatic carbocycles. The van der Waals surface area contributed by atoms with Gasteiger partial charge in [0.25, 0.3) is 5.91 Å². The van der Waals surface area contributed by atoms with Crippen LogP contribution in [0, 0.1) is 0 Å². The maximum absolute atomic E-state index is 12.7. The molecule has 4 rings (SSSR count). The molecule has 4 aromatic rings. The second kappa shape index (κ2) is 11.2. The zero-order chi connectivity index (χ0) is 25.5. The van der Waals surface area contributed by atoms with Crippen molar-refractivity contribution in [3.8, 4) is 17.2 Å². The SMILES string of the molecule is CCOc1ccccc1OCC(=O)Oc1ccc2cc(C(=O)NC(C)c3ccccc3)c(=O)oc2c1. The van der Waals surface area contributed by atoms with Crippen LogP contribution in [0.15, 0.2) is 88.1 Å². The molecule has 1 amide bonds. The molecule has 3 aromatic carbocycles. The minimum Gasteiger partial charge on any atom is -0.490 e. The Morgan fingerprint density at radius 2 is 1.61 bits per heavy atom. The van der Waals surface area contributed by atoms with Gasteiger partial charge in [0, 0.05) is 11.5 Å². The zero-order valence-electron chi connectivity index (χ0n) is 19.9. The Hall–Kier alpha value is -4.59. The lowest BCUT2D eigenvalue weighted by Crippen LogP contribution is -2.30. The van der Waals surface area contributed by atoms with Crippen molar-refractivity contribution in [2.45, 2.75) is 19.9 Å². The van der Waals surface area contributed by atoms with Gasteiger partial charge in [-0.1, -0.05) is 42.5 Å². The van der Waals surface area contributed by atoms with Gasteiger partial charge in [-0.05, 0) is 49.7 Å². The van der Waals surface area contributed by atoms with Gasteiger partial charge < -0.3 is 23.9 Å². The molecule has 0 aliphatic rings. The van der Waals surface area contributed by atoms with Crippen LogP contribution >= 0.6 is 0 Å². The van der Waals surface area contributed by atoms with Crippen LogP contribution in [0.3, 0.4) is 0 Å². The van der Waals surface area contributed by atoms with E-state index in [0.717, 1.165) is 5.56 Å². The summed E-state index contributed by atoms with van der Waals surface area (Å²) in [7, 11) is 0. The highest BCUT2D eigenvalue weighted by Gasteiger charge is 2.17. The lowest BCUT2D eigenvalue weighted by molar-refractivity contribution is -0.136. The first-order valence-corrected chi connectivity index (χ1v) is 11.4. The van der Waals surface area contributed by atoms with E-state index >= 15 is 0 Å². The molecule has 1 aromatic heterocycles. The zero-order valence-corrected chi connectivity index (χ0v) is 19.9. The van der Waals surface area contributed by atoms with Gasteiger partial charge in [0.2, 0.25) is 0 Å². The first-order valence-electron chi connectivity index (χ1n) is 11.4. The highest BCUT2D eigenvalue weighted by atomic mass is 16.6. The standard InChI is InChI=1S/C28H25NO7/c1-3-33-23-11-7-8-12-24(23)34-17-26(30)35-21-14-13-20-15-22(28(32)36-25(20)16-21)27(31)29-18(2)19-9-5-4-6-10-19/h4-16,18H,3,17H2,1-2H3,(H,29,31). The summed E-state index contributed by atoms with van der Waals surface area (Å²) in [5.74, 6) is -0.0605. The van der Waals surface area contributed by atoms with Crippen LogP contribution < -0.4 is 25.2 Å². The first-order chi connectivity index (χ1) is 17.4. The minimum atomic E-state index is -0.792. The number of hydrogen-bond acceptors (Lipinski definition) is 7. The van der Waals surface area contributed by atoms with E-state index < -0.39 is 17.5 Å². The average molecular weight is 488 g/mol. The second-order valence-electron chi connectivity index (χ2n) is 7.90. The fourth-order valence-corrected chi connectivity index (χ4v) is 3.55. The maximum Gasteiger partial charge on any atom is 0.349 e. The van der Waals surface area contributed by atoms with E-state index in [0.29, 0.717) is 23.5 Å². The summed E-state index contributed by atoms with van der Waals surface area (Å²) >= 11 is 0. The lowest BCUT2D eigenvalue weighted by Gasteiger charge is -2.14. The Bertz CT molecular complexity index is 1430. The van der Waals surface area contributed by atoms with Crippen LogP contribution in [0.5, 0.6) is 17.2 Å². The Balaban J connectivity index is 1.43. The topological polar surface area (TPSA) is 104 Å². The number of carbonyl (C=O) groups excluding carboxylic acids is 2. The van der Waals surface area contributed by atoms with Crippen molar-refractivity contribution >= 4 is 22.8 Å². The number of amides is 1. The molecule has 0 saturated heterocycles. The monoisotopic (exact) mass is 487 g/mol. The second-order valence-corrected chi connectivity index (χ2v) is 7.90. The van der Waals surface area contributed by atoms with Crippen LogP contribution in [-0.4, -0.2) is 25.1 Å². The third-order valence-electron chi connectivity index (χ3n) is 5.33. The number of para-hydroxylation sites is 2. The molecular weight excluding hydrogens is 462 g/mol. The predicted molar refractivity (Wildman–Crippen MR) is 134 cm³/mol. The molecule has 0 fully saturated rings. The number of ether oxygens (including phenoxy) is 3. The van der Waals surface area contributed by atoms with E-state index in [1.54, 1.807) is 36.4 Å². The van der Waals surface area contributed by atoms with Crippen molar-refractivity contribution in [1.29, 1.82) is 0 Å². The summed E-state index contributed by atoms with van der Waals surface area (Å²) < 4.78 is 21.6. The lowest BCUT2D eigenvalue weighted by atomic mass is 10.1. The molecule has 1 N–H and O–H groups in total. The molecule has 0 bridgehead atoms. The van der Waals surface area contributed by atoms with Crippen molar-refractivity contribution < 1.29 is 28.2 Å². The van der Waals surface area contributed by atoms with Crippen molar-refractivity contribution in [2.24, 2.45) is 0 Å². The highest BCUT2D eigenvalue weighted by molar-refractivity contribution is 5.97. The smallest absolute Gasteiger partial charge is 0.349 e. The van der Waals surface area contributed by atoms with Gasteiger partial charge in [0.1, 0.15) is 16.9 Å². The summed E-state index contributed by atoms with van der Waals surface area (Å²) in [5.41, 5.74) is 0.185. The van der Waals surface area contributed by atoms with Gasteiger partial charge in [-0.3, -0.25) is 4.79 Å². The fraction of sp³-hybridized carbons (Fsp3) is 0.179. The number of fused-ring (bicyclic) bond motifs is 1. The van der Waals surface area contributed by atoms with E-state index in [1.807, 2.05) is 44.2 Å². The van der Waals surface area contributed by atoms with Crippen molar-refractivity contribution in [3.05, 3.63) is 100 Å². The van der Waals surface area contributed by atoms with E-state index in [2.05, 4.69) is 5.32 Å². The van der Waals surface area contributed by atoms with Gasteiger partial charge in [-0.15, -0.1) is 0 Å². The van der Waals surface area contributed by atoms with Gasteiger partial charge in [-0.25, -0.2) is 9.59 Å². The first kappa shape index (κ1) is 24.5. The predicted octanol–water partition coefficient (Wildman–Crippen LogP) is 4.67. The van der Waals surface area contributed by atoms with Crippen LogP contribution in [-0.2, 0) is 4.79 Å². The highest BCUT2D eigenvalue weighted by Crippen LogP contribution is 2.26. The van der Waals surface area contributed by atoms with Crippen molar-refractivity contribution in [1.82, 2.24) is 5.32 Å². The Morgan fingerprint density at radius 1 is 0.917 bits per heavy atom. The summed E-state index contributed by atoms with van der Waals surface area (Å²) in [6.07, 6.45) is 0. The molecular formula is C28H25NO7. The fourth-order valence-electron chi connectivity index (χ4n) is 3.55. The van der Waals surface area contributed by atoms with Gasteiger partial charge in [0.05, 0.1) is 12.6 Å². The Morgan fingerprint density at radius 3 is 2.33 bits per heavy atom. The number of esters is 1. The Labute approximate surface area is 207 Å². The van der Waals surface area contributed by atoms with E-state index in [1.165, 1.54) is 12.1 Å². The van der Waals surface area contributed by atoms with Crippen LogP contribution in [0.2, 0.25) is 0 Å². The largest absolute Gasteiger partial charge is 0.490 e. The van der Waals surface area contributed by atoms with Crippen LogP contribution in [0.1, 0.15) is 35.8 Å². The van der Waals surface area contributed by atoms with E-state index in [-0.39, 0.29) is 29.5 Å². The molecule has 8 nitrogen and oxygen atoms in total. The van der Waals surface area contributed by atoms with Crippen molar-refractivity contribution in [3.63, 3.8) is 0 Å². The molecule has 0 aliphatic heterocycles. The number of hydrogen-bond donors (Lipinski definition) is 1. The number of rotatable bonds is 9. The Kier molecular flexibility index (Phi) is 7.65. The summed E-state index contributed by atoms with van der Waals surface area (Å²) in [6.45, 7) is 3.80. The van der Waals surface area contributed by atoms with E-state index in [9.17, 15) is 14.4 Å². The molecule has 1 heterocycles. The van der Waals surface area contributed by atoms with Gasteiger partial charge in [0.15, 0.2) is 18.1 Å². The number of carbonyl (C=O) groups is 2. The molecule has 0 radical (unpaired) electrons. The molecule has 0 spiro atoms. The number of benzene rings is 3. The van der Waals surface area contributed by atoms with Crippen molar-refractivity contribution in [2.75, 3.05) is 13.2 Å². The summed E-state index contributed by atoms with van der Waals surface area (Å²) in [5, 5.41) is 3.31. The quantitative estimate of drug-likeness (QED) is 0.208. The molecule has 8 heteroatoms. The molecule has 36 heavy (non-hydrogen) atoms. The number of nitrogens with one attached hydrogen (secondary N) is 1. The normalized spacial score (nSPS) is 11.5. The molecule has 184 valence electrons. The summed E-state index contributed by atoms with van der Waals surface area (Å²) in [4.78, 5) is 37.5. The maximum atomic E-state index is 12.7. The van der Waals surface area contributed by atoms with Gasteiger partial charge in [-0.2, -0.15) is 0 Å².